The van der Waals surface area contributed by atoms with Crippen LogP contribution in [0.2, 0.25) is 5.02 Å². The fourth-order valence-corrected chi connectivity index (χ4v) is 3.98. The maximum Gasteiger partial charge on any atom is 0.332 e. The lowest BCUT2D eigenvalue weighted by atomic mass is 10.2. The second-order valence-electron chi connectivity index (χ2n) is 7.44. The first-order chi connectivity index (χ1) is 14.3. The van der Waals surface area contributed by atoms with E-state index >= 15 is 0 Å². The number of rotatable bonds is 4. The molecule has 30 heavy (non-hydrogen) atoms. The molecule has 1 fully saturated rings. The quantitative estimate of drug-likeness (QED) is 0.564. The van der Waals surface area contributed by atoms with Crippen LogP contribution in [0.4, 0.5) is 5.69 Å². The van der Waals surface area contributed by atoms with E-state index in [0.29, 0.717) is 29.1 Å². The van der Waals surface area contributed by atoms with Crippen molar-refractivity contribution in [3.8, 4) is 0 Å². The van der Waals surface area contributed by atoms with Crippen LogP contribution in [0.15, 0.2) is 20.6 Å². The summed E-state index contributed by atoms with van der Waals surface area (Å²) in [5, 5.41) is 4.25. The number of anilines is 1. The molecule has 1 aliphatic heterocycles. The number of fused-ring (bicyclic) bond motifs is 1. The molecule has 0 bridgehead atoms. The van der Waals surface area contributed by atoms with Crippen molar-refractivity contribution in [3.63, 3.8) is 0 Å². The minimum Gasteiger partial charge on any atom is -0.366 e. The molecule has 11 nitrogen and oxygen atoms in total. The van der Waals surface area contributed by atoms with Gasteiger partial charge in [-0.2, -0.15) is 5.10 Å². The highest BCUT2D eigenvalue weighted by molar-refractivity contribution is 6.33. The summed E-state index contributed by atoms with van der Waals surface area (Å²) >= 11 is 6.20. The second kappa shape index (κ2) is 7.73. The average molecular weight is 435 g/mol. The van der Waals surface area contributed by atoms with Gasteiger partial charge in [0.1, 0.15) is 16.4 Å². The maximum atomic E-state index is 12.3. The summed E-state index contributed by atoms with van der Waals surface area (Å²) in [6.45, 7) is 3.80. The molecule has 160 valence electrons. The summed E-state index contributed by atoms with van der Waals surface area (Å²) < 4.78 is 3.66. The van der Waals surface area contributed by atoms with Gasteiger partial charge in [-0.3, -0.25) is 23.6 Å². The Bertz CT molecular complexity index is 1280. The van der Waals surface area contributed by atoms with E-state index in [-0.39, 0.29) is 16.1 Å². The van der Waals surface area contributed by atoms with Gasteiger partial charge in [0.05, 0.1) is 11.9 Å². The normalized spacial score (nSPS) is 15.3. The third-order valence-electron chi connectivity index (χ3n) is 5.58. The van der Waals surface area contributed by atoms with E-state index in [1.165, 1.54) is 16.3 Å². The maximum absolute atomic E-state index is 12.3. The van der Waals surface area contributed by atoms with Crippen LogP contribution in [0.5, 0.6) is 0 Å². The molecular formula is C18H23ClN8O3. The van der Waals surface area contributed by atoms with Gasteiger partial charge >= 0.3 is 5.69 Å². The molecule has 1 saturated heterocycles. The molecule has 3 aromatic rings. The van der Waals surface area contributed by atoms with E-state index in [0.717, 1.165) is 37.3 Å². The number of imidazole rings is 1. The lowest BCUT2D eigenvalue weighted by Gasteiger charge is -2.36. The molecule has 0 amide bonds. The molecule has 4 heterocycles. The molecule has 0 radical (unpaired) electrons. The Hall–Kier alpha value is -2.92. The van der Waals surface area contributed by atoms with Crippen molar-refractivity contribution in [2.24, 2.45) is 21.1 Å². The molecule has 0 aromatic carbocycles. The Morgan fingerprint density at radius 2 is 1.73 bits per heavy atom. The summed E-state index contributed by atoms with van der Waals surface area (Å²) in [7, 11) is 4.63. The van der Waals surface area contributed by atoms with E-state index in [4.69, 9.17) is 11.6 Å². The molecule has 12 heteroatoms. The lowest BCUT2D eigenvalue weighted by Crippen LogP contribution is -2.47. The van der Waals surface area contributed by atoms with Gasteiger partial charge in [-0.1, -0.05) is 11.6 Å². The first-order valence-corrected chi connectivity index (χ1v) is 9.99. The predicted molar refractivity (Wildman–Crippen MR) is 113 cm³/mol. The van der Waals surface area contributed by atoms with E-state index in [9.17, 15) is 14.4 Å². The molecule has 1 aliphatic rings. The van der Waals surface area contributed by atoms with Gasteiger partial charge in [0, 0.05) is 60.3 Å². The van der Waals surface area contributed by atoms with E-state index in [1.807, 2.05) is 0 Å². The highest BCUT2D eigenvalue weighted by Crippen LogP contribution is 2.22. The highest BCUT2D eigenvalue weighted by atomic mass is 35.5. The van der Waals surface area contributed by atoms with Crippen LogP contribution >= 0.6 is 11.6 Å². The number of halogens is 1. The van der Waals surface area contributed by atoms with Crippen molar-refractivity contribution in [2.45, 2.75) is 6.42 Å². The number of aromatic nitrogens is 6. The smallest absolute Gasteiger partial charge is 0.332 e. The summed E-state index contributed by atoms with van der Waals surface area (Å²) in [5.74, 6) is 0.671. The van der Waals surface area contributed by atoms with Crippen molar-refractivity contribution in [1.29, 1.82) is 0 Å². The first kappa shape index (κ1) is 20.4. The first-order valence-electron chi connectivity index (χ1n) is 9.61. The fraction of sp³-hybridized carbons (Fsp3) is 0.500. The van der Waals surface area contributed by atoms with Crippen molar-refractivity contribution >= 4 is 28.5 Å². The number of hydrogen-bond acceptors (Lipinski definition) is 7. The minimum absolute atomic E-state index is 0.190. The fourth-order valence-electron chi connectivity index (χ4n) is 3.69. The van der Waals surface area contributed by atoms with E-state index in [2.05, 4.69) is 24.9 Å². The van der Waals surface area contributed by atoms with Crippen LogP contribution < -0.4 is 21.7 Å². The molecule has 1 N–H and O–H groups in total. The SMILES string of the molecule is Cn1ncc(N2CCN(CCc3nc4c([nH]3)c(=O)n(C)c(=O)n4C)CC2)c(Cl)c1=O. The molecule has 3 aromatic heterocycles. The standard InChI is InChI=1S/C18H23ClN8O3/c1-23-15-14(17(29)24(2)18(23)30)21-12(22-15)4-5-26-6-8-27(9-7-26)11-10-20-25(3)16(28)13(11)19/h10H,4-9H2,1-3H3,(H,21,22). The molecule has 0 spiro atoms. The Kier molecular flexibility index (Phi) is 5.24. The van der Waals surface area contributed by atoms with Gasteiger partial charge < -0.3 is 9.88 Å². The van der Waals surface area contributed by atoms with E-state index < -0.39 is 5.69 Å². The van der Waals surface area contributed by atoms with Crippen molar-refractivity contribution in [1.82, 2.24) is 33.8 Å². The number of nitrogens with one attached hydrogen (secondary N) is 1. The Morgan fingerprint density at radius 1 is 1.03 bits per heavy atom. The summed E-state index contributed by atoms with van der Waals surface area (Å²) in [4.78, 5) is 48.2. The zero-order valence-corrected chi connectivity index (χ0v) is 17.8. The van der Waals surface area contributed by atoms with Crippen LogP contribution in [0.25, 0.3) is 11.2 Å². The molecule has 0 atom stereocenters. The number of H-pyrrole nitrogens is 1. The Balaban J connectivity index is 1.42. The predicted octanol–water partition coefficient (Wildman–Crippen LogP) is -0.928. The van der Waals surface area contributed by atoms with Gasteiger partial charge in [-0.15, -0.1) is 0 Å². The number of piperazine rings is 1. The number of aryl methyl sites for hydroxylation is 2. The third-order valence-corrected chi connectivity index (χ3v) is 5.94. The Labute approximate surface area is 176 Å². The second-order valence-corrected chi connectivity index (χ2v) is 7.82. The van der Waals surface area contributed by atoms with E-state index in [1.54, 1.807) is 20.3 Å². The summed E-state index contributed by atoms with van der Waals surface area (Å²) in [5.41, 5.74) is 0.295. The zero-order chi connectivity index (χ0) is 21.6. The Morgan fingerprint density at radius 3 is 2.43 bits per heavy atom. The molecular weight excluding hydrogens is 412 g/mol. The molecule has 0 saturated carbocycles. The number of nitrogens with zero attached hydrogens (tertiary/aromatic N) is 7. The van der Waals surface area contributed by atoms with Crippen molar-refractivity contribution < 1.29 is 0 Å². The number of hydrogen-bond donors (Lipinski definition) is 1. The largest absolute Gasteiger partial charge is 0.366 e. The van der Waals surface area contributed by atoms with Crippen LogP contribution in [0.3, 0.4) is 0 Å². The molecule has 0 aliphatic carbocycles. The minimum atomic E-state index is -0.398. The topological polar surface area (TPSA) is 114 Å². The average Bonchev–Trinajstić information content (AvgIpc) is 3.18. The lowest BCUT2D eigenvalue weighted by molar-refractivity contribution is 0.259. The summed E-state index contributed by atoms with van der Waals surface area (Å²) in [6, 6.07) is 0. The van der Waals surface area contributed by atoms with Crippen LogP contribution in [0.1, 0.15) is 5.82 Å². The monoisotopic (exact) mass is 434 g/mol. The van der Waals surface area contributed by atoms with Gasteiger partial charge in [0.2, 0.25) is 0 Å². The highest BCUT2D eigenvalue weighted by Gasteiger charge is 2.21. The van der Waals surface area contributed by atoms with Gasteiger partial charge in [-0.05, 0) is 0 Å². The van der Waals surface area contributed by atoms with Crippen LogP contribution in [0, 0.1) is 0 Å². The number of aromatic amines is 1. The van der Waals surface area contributed by atoms with Gasteiger partial charge in [-0.25, -0.2) is 14.5 Å². The van der Waals surface area contributed by atoms with Crippen molar-refractivity contribution in [3.05, 3.63) is 48.2 Å². The third kappa shape index (κ3) is 3.43. The van der Waals surface area contributed by atoms with Crippen LogP contribution in [-0.2, 0) is 27.6 Å². The van der Waals surface area contributed by atoms with Crippen LogP contribution in [-0.4, -0.2) is 66.5 Å². The van der Waals surface area contributed by atoms with Gasteiger partial charge in [0.15, 0.2) is 5.65 Å². The molecule has 0 unspecified atom stereocenters. The molecule has 4 rings (SSSR count). The zero-order valence-electron chi connectivity index (χ0n) is 17.1. The van der Waals surface area contributed by atoms with Gasteiger partial charge in [0.25, 0.3) is 11.1 Å². The summed E-state index contributed by atoms with van der Waals surface area (Å²) in [6.07, 6.45) is 2.25. The van der Waals surface area contributed by atoms with Crippen molar-refractivity contribution in [2.75, 3.05) is 37.6 Å².